The summed E-state index contributed by atoms with van der Waals surface area (Å²) in [5, 5.41) is 20.7. The lowest BCUT2D eigenvalue weighted by Crippen LogP contribution is -2.49. The Labute approximate surface area is 342 Å². The van der Waals surface area contributed by atoms with Gasteiger partial charge in [0.2, 0.25) is 11.8 Å². The molecule has 1 heterocycles. The summed E-state index contributed by atoms with van der Waals surface area (Å²) in [6.45, 7) is 0.894. The molecule has 0 fully saturated rings. The van der Waals surface area contributed by atoms with Crippen molar-refractivity contribution >= 4 is 35.3 Å². The van der Waals surface area contributed by atoms with Gasteiger partial charge in [-0.25, -0.2) is 4.79 Å². The van der Waals surface area contributed by atoms with Crippen LogP contribution in [0, 0.1) is 11.3 Å². The summed E-state index contributed by atoms with van der Waals surface area (Å²) in [5.41, 5.74) is -1.32. The van der Waals surface area contributed by atoms with Crippen LogP contribution >= 0.6 is 0 Å². The number of amides is 3. The molecule has 0 bridgehead atoms. The number of nitrogens with one attached hydrogen (secondary N) is 4. The maximum Gasteiger partial charge on any atom is 0.471 e. The molecule has 4 N–H and O–H groups in total. The Morgan fingerprint density at radius 2 is 1.41 bits per heavy atom. The molecular weight excluding hydrogens is 831 g/mol. The maximum atomic E-state index is 13.8. The van der Waals surface area contributed by atoms with E-state index in [9.17, 15) is 64.0 Å². The van der Waals surface area contributed by atoms with E-state index >= 15 is 0 Å². The summed E-state index contributed by atoms with van der Waals surface area (Å²) in [4.78, 5) is 54.8. The molecule has 1 atom stereocenters. The van der Waals surface area contributed by atoms with Crippen LogP contribution in [-0.4, -0.2) is 80.2 Å². The van der Waals surface area contributed by atoms with E-state index in [0.717, 1.165) is 36.4 Å². The van der Waals surface area contributed by atoms with Crippen molar-refractivity contribution < 1.29 is 63.4 Å². The monoisotopic (exact) mass is 868 g/mol. The highest BCUT2D eigenvalue weighted by Crippen LogP contribution is 2.44. The first-order valence-electron chi connectivity index (χ1n) is 18.1. The summed E-state index contributed by atoms with van der Waals surface area (Å²) in [7, 11) is 0. The molecule has 0 radical (unpaired) electrons. The van der Waals surface area contributed by atoms with Crippen LogP contribution in [0.2, 0.25) is 0 Å². The van der Waals surface area contributed by atoms with E-state index in [1.165, 1.54) is 58.7 Å². The molecule has 3 aromatic carbocycles. The highest BCUT2D eigenvalue weighted by atomic mass is 19.4. The van der Waals surface area contributed by atoms with Crippen LogP contribution in [0.15, 0.2) is 89.1 Å². The van der Waals surface area contributed by atoms with Crippen molar-refractivity contribution in [3.63, 3.8) is 0 Å². The van der Waals surface area contributed by atoms with Crippen LogP contribution in [-0.2, 0) is 42.7 Å². The number of carbonyl (C=O) groups is 4. The first-order valence-corrected chi connectivity index (χ1v) is 18.1. The number of hydrogen-bond donors (Lipinski definition) is 4. The van der Waals surface area contributed by atoms with Crippen molar-refractivity contribution in [3.05, 3.63) is 112 Å². The summed E-state index contributed by atoms with van der Waals surface area (Å²) >= 11 is 0. The minimum atomic E-state index is -5.34. The van der Waals surface area contributed by atoms with Gasteiger partial charge in [0.05, 0.1) is 66.2 Å². The predicted molar refractivity (Wildman–Crippen MR) is 200 cm³/mol. The molecule has 1 aliphatic heterocycles. The van der Waals surface area contributed by atoms with E-state index in [2.05, 4.69) is 20.9 Å². The first kappa shape index (κ1) is 47.1. The summed E-state index contributed by atoms with van der Waals surface area (Å²) < 4.78 is 125. The number of aliphatic imine (C=N–C) groups is 1. The minimum absolute atomic E-state index is 0.0238. The lowest BCUT2D eigenvalue weighted by atomic mass is 9.97. The number of nitrogens with zero attached hydrogens (tertiary/aromatic N) is 4. The van der Waals surface area contributed by atoms with E-state index in [1.54, 1.807) is 6.92 Å². The van der Waals surface area contributed by atoms with Gasteiger partial charge in [-0.3, -0.25) is 29.7 Å². The fourth-order valence-electron chi connectivity index (χ4n) is 6.01. The Morgan fingerprint density at radius 3 is 2.02 bits per heavy atom. The topological polar surface area (TPSA) is 168 Å². The van der Waals surface area contributed by atoms with Gasteiger partial charge >= 0.3 is 30.4 Å². The number of nitriles is 1. The van der Waals surface area contributed by atoms with E-state index in [4.69, 9.17) is 4.74 Å². The number of hydrogen-bond acceptors (Lipinski definition) is 9. The Kier molecular flexibility index (Phi) is 15.5. The molecule has 61 heavy (non-hydrogen) atoms. The van der Waals surface area contributed by atoms with Gasteiger partial charge in [0, 0.05) is 25.3 Å². The number of ether oxygens (including phenoxy) is 1. The molecule has 0 aliphatic carbocycles. The number of halogens is 9. The number of benzene rings is 3. The van der Waals surface area contributed by atoms with Gasteiger partial charge in [0.1, 0.15) is 0 Å². The predicted octanol–water partition coefficient (Wildman–Crippen LogP) is 5.31. The Morgan fingerprint density at radius 1 is 0.803 bits per heavy atom. The van der Waals surface area contributed by atoms with Crippen LogP contribution in [0.5, 0.6) is 0 Å². The van der Waals surface area contributed by atoms with Crippen LogP contribution in [0.4, 0.5) is 45.2 Å². The number of allylic oxidation sites excluding steroid dienone is 1. The summed E-state index contributed by atoms with van der Waals surface area (Å²) in [5.74, 6) is -5.46. The van der Waals surface area contributed by atoms with Gasteiger partial charge in [-0.2, -0.15) is 49.8 Å². The summed E-state index contributed by atoms with van der Waals surface area (Å²) in [6.07, 6.45) is -15.2. The van der Waals surface area contributed by atoms with Gasteiger partial charge in [-0.15, -0.1) is 0 Å². The lowest BCUT2D eigenvalue weighted by Gasteiger charge is -2.35. The maximum absolute atomic E-state index is 13.8. The first-order chi connectivity index (χ1) is 28.6. The van der Waals surface area contributed by atoms with Crippen LogP contribution < -0.4 is 26.3 Å². The van der Waals surface area contributed by atoms with Crippen molar-refractivity contribution in [1.82, 2.24) is 26.3 Å². The molecule has 3 amide bonds. The second kappa shape index (κ2) is 20.1. The third kappa shape index (κ3) is 12.9. The minimum Gasteiger partial charge on any atom is -0.463 e. The third-order valence-electron chi connectivity index (χ3n) is 8.66. The Balaban J connectivity index is 1.50. The molecule has 3 aromatic rings. The van der Waals surface area contributed by atoms with Crippen molar-refractivity contribution in [1.29, 1.82) is 5.26 Å². The third-order valence-corrected chi connectivity index (χ3v) is 8.66. The Bertz CT molecular complexity index is 2180. The number of guanidine groups is 1. The second-order valence-corrected chi connectivity index (χ2v) is 13.0. The van der Waals surface area contributed by atoms with Gasteiger partial charge in [0.25, 0.3) is 0 Å². The zero-order valence-corrected chi connectivity index (χ0v) is 32.2. The molecule has 1 aliphatic rings. The average molecular weight is 869 g/mol. The SMILES string of the molecule is CCOC(=O)C1=C(C)N(c2cccc(C(F)(F)F)c2)N(CC(=O)NCC/N=C(/NCCNC(=O)Cc2cccc(C(F)(F)F)c2)NC(=O)C(F)(F)F)[C@@H]1c1ccc(C#N)cc1. The van der Waals surface area contributed by atoms with Crippen LogP contribution in [0.25, 0.3) is 0 Å². The zero-order chi connectivity index (χ0) is 45.1. The van der Waals surface area contributed by atoms with Gasteiger partial charge < -0.3 is 20.7 Å². The quantitative estimate of drug-likeness (QED) is 0.0552. The van der Waals surface area contributed by atoms with Crippen LogP contribution in [0.3, 0.4) is 0 Å². The number of rotatable bonds is 14. The van der Waals surface area contributed by atoms with E-state index < -0.39 is 84.9 Å². The molecular formula is C39H37F9N8O5. The van der Waals surface area contributed by atoms with Gasteiger partial charge in [0.15, 0.2) is 5.96 Å². The molecule has 0 unspecified atom stereocenters. The second-order valence-electron chi connectivity index (χ2n) is 13.0. The smallest absolute Gasteiger partial charge is 0.463 e. The van der Waals surface area contributed by atoms with Crippen LogP contribution in [0.1, 0.15) is 47.7 Å². The van der Waals surface area contributed by atoms with Gasteiger partial charge in [-0.1, -0.05) is 36.4 Å². The highest BCUT2D eigenvalue weighted by molar-refractivity contribution is 5.99. The Hall–Kier alpha value is -6.63. The van der Waals surface area contributed by atoms with Crippen molar-refractivity contribution in [3.8, 4) is 6.07 Å². The number of alkyl halides is 9. The standard InChI is InChI=1S/C39H37F9N8O5/c1-3-61-34(59)32-23(2)56(29-9-5-8-28(20-29)38(43,44)45)55(33(32)26-12-10-24(21-49)11-13-26)22-31(58)51-15-17-53-36(54-35(60)39(46,47)48)52-16-14-50-30(57)19-25-6-4-7-27(18-25)37(40,41)42/h4-13,18,20,33H,3,14-17,19,22H2,1-2H3,(H,50,57)(H,51,58)(H2,52,53,54,60)/t33-/m1/s1. The summed E-state index contributed by atoms with van der Waals surface area (Å²) in [6, 6.07) is 14.8. The average Bonchev–Trinajstić information content (AvgIpc) is 3.47. The largest absolute Gasteiger partial charge is 0.471 e. The molecule has 0 aromatic heterocycles. The van der Waals surface area contributed by atoms with Crippen molar-refractivity contribution in [2.45, 2.75) is 44.8 Å². The number of hydrazine groups is 1. The van der Waals surface area contributed by atoms with Crippen molar-refractivity contribution in [2.75, 3.05) is 44.3 Å². The van der Waals surface area contributed by atoms with E-state index in [0.29, 0.717) is 5.56 Å². The molecule has 326 valence electrons. The number of carbonyl (C=O) groups excluding carboxylic acids is 4. The molecule has 0 saturated carbocycles. The molecule has 13 nitrogen and oxygen atoms in total. The zero-order valence-electron chi connectivity index (χ0n) is 32.2. The molecule has 22 heteroatoms. The normalized spacial score (nSPS) is 15.0. The highest BCUT2D eigenvalue weighted by Gasteiger charge is 2.44. The number of esters is 1. The molecule has 4 rings (SSSR count). The van der Waals surface area contributed by atoms with E-state index in [-0.39, 0.29) is 54.3 Å². The number of anilines is 1. The molecule has 0 saturated heterocycles. The van der Waals surface area contributed by atoms with Gasteiger partial charge in [-0.05, 0) is 61.4 Å². The fourth-order valence-corrected chi connectivity index (χ4v) is 6.01. The lowest BCUT2D eigenvalue weighted by molar-refractivity contribution is -0.171. The van der Waals surface area contributed by atoms with Crippen molar-refractivity contribution in [2.24, 2.45) is 4.99 Å². The fraction of sp³-hybridized carbons (Fsp3) is 0.333. The molecule has 0 spiro atoms. The van der Waals surface area contributed by atoms with E-state index in [1.807, 2.05) is 6.07 Å².